The minimum absolute atomic E-state index is 0.0182. The first-order valence-electron chi connectivity index (χ1n) is 10.1. The van der Waals surface area contributed by atoms with Crippen molar-refractivity contribution in [3.63, 3.8) is 0 Å². The summed E-state index contributed by atoms with van der Waals surface area (Å²) < 4.78 is 0. The van der Waals surface area contributed by atoms with E-state index in [9.17, 15) is 14.4 Å². The molecular weight excluding hydrogens is 364 g/mol. The summed E-state index contributed by atoms with van der Waals surface area (Å²) in [6.07, 6.45) is 5.27. The molecule has 6 rings (SSSR count). The molecule has 2 aromatic carbocycles. The molecule has 1 saturated carbocycles. The van der Waals surface area contributed by atoms with E-state index in [1.54, 1.807) is 12.1 Å². The minimum atomic E-state index is -0.360. The number of benzene rings is 2. The van der Waals surface area contributed by atoms with E-state index in [1.165, 1.54) is 4.90 Å². The molecule has 3 aliphatic carbocycles. The number of nitrogens with one attached hydrogen (secondary N) is 1. The molecule has 29 heavy (non-hydrogen) atoms. The lowest BCUT2D eigenvalue weighted by Gasteiger charge is -2.43. The summed E-state index contributed by atoms with van der Waals surface area (Å²) in [6.45, 7) is 0. The van der Waals surface area contributed by atoms with E-state index >= 15 is 0 Å². The third-order valence-electron chi connectivity index (χ3n) is 6.49. The minimum Gasteiger partial charge on any atom is -0.326 e. The average Bonchev–Trinajstić information content (AvgIpc) is 3.02. The topological polar surface area (TPSA) is 66.5 Å². The molecule has 5 heteroatoms. The normalized spacial score (nSPS) is 29.8. The number of carbonyl (C=O) groups excluding carboxylic acids is 3. The van der Waals surface area contributed by atoms with Crippen LogP contribution in [0.2, 0.25) is 0 Å². The highest BCUT2D eigenvalue weighted by atomic mass is 16.2. The Morgan fingerprint density at radius 3 is 2.28 bits per heavy atom. The molecule has 146 valence electrons. The maximum atomic E-state index is 13.2. The lowest BCUT2D eigenvalue weighted by Crippen LogP contribution is -2.44. The summed E-state index contributed by atoms with van der Waals surface area (Å²) >= 11 is 0. The maximum Gasteiger partial charge on any atom is 0.238 e. The van der Waals surface area contributed by atoms with E-state index in [0.717, 1.165) is 12.1 Å². The first-order chi connectivity index (χ1) is 14.1. The van der Waals surface area contributed by atoms with Crippen LogP contribution in [0.25, 0.3) is 0 Å². The fourth-order valence-corrected chi connectivity index (χ4v) is 5.28. The number of hydrogen-bond donors (Lipinski definition) is 1. The third-order valence-corrected chi connectivity index (χ3v) is 6.49. The number of fused-ring (bicyclic) bond motifs is 1. The molecule has 0 radical (unpaired) electrons. The van der Waals surface area contributed by atoms with Gasteiger partial charge in [-0.15, -0.1) is 0 Å². The number of hydrogen-bond acceptors (Lipinski definition) is 3. The molecule has 1 aliphatic heterocycles. The van der Waals surface area contributed by atoms with Gasteiger partial charge in [0.2, 0.25) is 17.7 Å². The molecule has 2 aromatic rings. The van der Waals surface area contributed by atoms with Gasteiger partial charge in [0.15, 0.2) is 0 Å². The largest absolute Gasteiger partial charge is 0.326 e. The van der Waals surface area contributed by atoms with E-state index < -0.39 is 0 Å². The summed E-state index contributed by atoms with van der Waals surface area (Å²) in [5, 5.41) is 2.94. The van der Waals surface area contributed by atoms with Crippen LogP contribution in [0.5, 0.6) is 0 Å². The van der Waals surface area contributed by atoms with Gasteiger partial charge in [-0.1, -0.05) is 48.6 Å². The molecule has 5 nitrogen and oxygen atoms in total. The molecule has 0 spiro atoms. The van der Waals surface area contributed by atoms with Gasteiger partial charge in [0.05, 0.1) is 17.5 Å². The van der Waals surface area contributed by atoms with Gasteiger partial charge in [-0.25, -0.2) is 0 Å². The van der Waals surface area contributed by atoms with Gasteiger partial charge in [-0.05, 0) is 48.4 Å². The van der Waals surface area contributed by atoms with Crippen LogP contribution in [-0.4, -0.2) is 17.7 Å². The van der Waals surface area contributed by atoms with Crippen molar-refractivity contribution in [1.29, 1.82) is 0 Å². The lowest BCUT2D eigenvalue weighted by atomic mass is 9.58. The van der Waals surface area contributed by atoms with Gasteiger partial charge >= 0.3 is 0 Å². The van der Waals surface area contributed by atoms with E-state index in [1.807, 2.05) is 48.5 Å². The van der Waals surface area contributed by atoms with Gasteiger partial charge in [-0.3, -0.25) is 19.3 Å². The van der Waals surface area contributed by atoms with Crippen molar-refractivity contribution in [2.24, 2.45) is 29.6 Å². The zero-order valence-corrected chi connectivity index (χ0v) is 15.9. The first kappa shape index (κ1) is 17.9. The fraction of sp³-hybridized carbons (Fsp3) is 0.292. The Morgan fingerprint density at radius 2 is 1.55 bits per heavy atom. The quantitative estimate of drug-likeness (QED) is 0.644. The SMILES string of the molecule is O=C(CC1C[C@@H]2C=C[C@H]1[C@H]1C(=O)N(c3ccccc3)C(=O)[C@H]12)Nc1ccccc1. The number of carbonyl (C=O) groups is 3. The Balaban J connectivity index is 1.36. The molecule has 4 aliphatic rings. The number of rotatable bonds is 4. The highest BCUT2D eigenvalue weighted by Crippen LogP contribution is 2.53. The van der Waals surface area contributed by atoms with Crippen LogP contribution < -0.4 is 10.2 Å². The summed E-state index contributed by atoms with van der Waals surface area (Å²) in [7, 11) is 0. The monoisotopic (exact) mass is 386 g/mol. The predicted octanol–water partition coefficient (Wildman–Crippen LogP) is 3.64. The molecule has 0 aromatic heterocycles. The zero-order chi connectivity index (χ0) is 20.0. The summed E-state index contributed by atoms with van der Waals surface area (Å²) in [6, 6.07) is 18.5. The van der Waals surface area contributed by atoms with Crippen LogP contribution in [0.3, 0.4) is 0 Å². The Hall–Kier alpha value is -3.21. The van der Waals surface area contributed by atoms with Crippen LogP contribution in [0.15, 0.2) is 72.8 Å². The van der Waals surface area contributed by atoms with Crippen molar-refractivity contribution in [2.45, 2.75) is 12.8 Å². The summed E-state index contributed by atoms with van der Waals surface area (Å²) in [4.78, 5) is 40.3. The highest BCUT2D eigenvalue weighted by Gasteiger charge is 2.59. The van der Waals surface area contributed by atoms with Gasteiger partial charge in [0.1, 0.15) is 0 Å². The molecule has 3 amide bonds. The van der Waals surface area contributed by atoms with Gasteiger partial charge in [-0.2, -0.15) is 0 Å². The van der Waals surface area contributed by atoms with Crippen molar-refractivity contribution >= 4 is 29.1 Å². The maximum absolute atomic E-state index is 13.2. The highest BCUT2D eigenvalue weighted by molar-refractivity contribution is 6.22. The van der Waals surface area contributed by atoms with Crippen molar-refractivity contribution in [3.05, 3.63) is 72.8 Å². The Kier molecular flexibility index (Phi) is 4.31. The number of para-hydroxylation sites is 2. The van der Waals surface area contributed by atoms with Crippen LogP contribution >= 0.6 is 0 Å². The van der Waals surface area contributed by atoms with Crippen molar-refractivity contribution in [1.82, 2.24) is 0 Å². The molecule has 1 saturated heterocycles. The van der Waals surface area contributed by atoms with E-state index in [-0.39, 0.29) is 47.3 Å². The zero-order valence-electron chi connectivity index (χ0n) is 15.9. The molecule has 2 bridgehead atoms. The van der Waals surface area contributed by atoms with Crippen LogP contribution in [0.4, 0.5) is 11.4 Å². The smallest absolute Gasteiger partial charge is 0.238 e. The Bertz CT molecular complexity index is 986. The summed E-state index contributed by atoms with van der Waals surface area (Å²) in [5.41, 5.74) is 1.41. The summed E-state index contributed by atoms with van der Waals surface area (Å²) in [5.74, 6) is -0.914. The second-order valence-corrected chi connectivity index (χ2v) is 8.14. The van der Waals surface area contributed by atoms with E-state index in [0.29, 0.717) is 12.1 Å². The van der Waals surface area contributed by atoms with Crippen LogP contribution in [0.1, 0.15) is 12.8 Å². The van der Waals surface area contributed by atoms with Gasteiger partial charge < -0.3 is 5.32 Å². The third kappa shape index (κ3) is 2.97. The van der Waals surface area contributed by atoms with Crippen molar-refractivity contribution < 1.29 is 14.4 Å². The van der Waals surface area contributed by atoms with Crippen LogP contribution in [-0.2, 0) is 14.4 Å². The molecular formula is C24H22N2O3. The second-order valence-electron chi connectivity index (χ2n) is 8.14. The van der Waals surface area contributed by atoms with Gasteiger partial charge in [0.25, 0.3) is 0 Å². The average molecular weight is 386 g/mol. The number of nitrogens with zero attached hydrogens (tertiary/aromatic N) is 1. The number of imide groups is 1. The molecule has 1 heterocycles. The molecule has 1 unspecified atom stereocenters. The lowest BCUT2D eigenvalue weighted by molar-refractivity contribution is -0.127. The van der Waals surface area contributed by atoms with Crippen molar-refractivity contribution in [2.75, 3.05) is 10.2 Å². The Morgan fingerprint density at radius 1 is 0.897 bits per heavy atom. The Labute approximate surface area is 169 Å². The predicted molar refractivity (Wildman–Crippen MR) is 110 cm³/mol. The fourth-order valence-electron chi connectivity index (χ4n) is 5.28. The molecule has 2 fully saturated rings. The van der Waals surface area contributed by atoms with Gasteiger partial charge in [0, 0.05) is 12.1 Å². The van der Waals surface area contributed by atoms with Crippen molar-refractivity contribution in [3.8, 4) is 0 Å². The van der Waals surface area contributed by atoms with Crippen LogP contribution in [0, 0.1) is 29.6 Å². The number of amides is 3. The first-order valence-corrected chi connectivity index (χ1v) is 10.1. The second kappa shape index (κ2) is 6.99. The number of allylic oxidation sites excluding steroid dienone is 2. The van der Waals surface area contributed by atoms with E-state index in [2.05, 4.69) is 17.5 Å². The number of anilines is 2. The molecule has 1 N–H and O–H groups in total. The standard InChI is InChI=1S/C24H22N2O3/c27-20(25-17-7-3-1-4-8-17)14-16-13-15-11-12-19(16)22-21(15)23(28)26(24(22)29)18-9-5-2-6-10-18/h1-12,15-16,19,21-22H,13-14H2,(H,25,27)/t15-,16?,19+,21-,22+/m0/s1. The molecule has 5 atom stereocenters. The van der Waals surface area contributed by atoms with E-state index in [4.69, 9.17) is 0 Å².